The zero-order chi connectivity index (χ0) is 13.7. The third-order valence-electron chi connectivity index (χ3n) is 2.59. The fourth-order valence-electron chi connectivity index (χ4n) is 1.46. The number of carboxylic acids is 1. The Bertz CT molecular complexity index is 449. The lowest BCUT2D eigenvalue weighted by Crippen LogP contribution is -2.35. The fraction of sp³-hybridized carbons (Fsp3) is 0.417. The van der Waals surface area contributed by atoms with Crippen molar-refractivity contribution in [1.82, 2.24) is 10.3 Å². The van der Waals surface area contributed by atoms with E-state index in [9.17, 15) is 9.59 Å². The van der Waals surface area contributed by atoms with Gasteiger partial charge in [-0.15, -0.1) is 0 Å². The van der Waals surface area contributed by atoms with Crippen LogP contribution in [0.5, 0.6) is 0 Å². The highest BCUT2D eigenvalue weighted by atomic mass is 79.9. The molecule has 2 N–H and O–H groups in total. The lowest BCUT2D eigenvalue weighted by atomic mass is 9.96. The minimum Gasteiger partial charge on any atom is -0.481 e. The molecule has 1 aromatic rings. The number of hydrogen-bond acceptors (Lipinski definition) is 3. The van der Waals surface area contributed by atoms with Gasteiger partial charge in [0.2, 0.25) is 0 Å². The summed E-state index contributed by atoms with van der Waals surface area (Å²) in [5.41, 5.74) is 0.449. The Labute approximate surface area is 114 Å². The molecule has 0 aliphatic rings. The van der Waals surface area contributed by atoms with Crippen LogP contribution in [0.2, 0.25) is 0 Å². The number of carbonyl (C=O) groups excluding carboxylic acids is 1. The van der Waals surface area contributed by atoms with Gasteiger partial charge >= 0.3 is 5.97 Å². The quantitative estimate of drug-likeness (QED) is 0.814. The molecular formula is C12H15BrN2O3. The zero-order valence-corrected chi connectivity index (χ0v) is 11.8. The molecule has 1 unspecified atom stereocenters. The maximum atomic E-state index is 11.8. The average molecular weight is 315 g/mol. The van der Waals surface area contributed by atoms with Crippen molar-refractivity contribution in [2.75, 3.05) is 6.54 Å². The monoisotopic (exact) mass is 314 g/mol. The third-order valence-corrected chi connectivity index (χ3v) is 3.03. The highest BCUT2D eigenvalue weighted by Crippen LogP contribution is 2.11. The van der Waals surface area contributed by atoms with E-state index in [2.05, 4.69) is 26.2 Å². The van der Waals surface area contributed by atoms with Crippen LogP contribution in [0, 0.1) is 11.8 Å². The van der Waals surface area contributed by atoms with Crippen LogP contribution in [0.4, 0.5) is 0 Å². The molecule has 98 valence electrons. The highest BCUT2D eigenvalue weighted by molar-refractivity contribution is 9.10. The number of pyridine rings is 1. The maximum Gasteiger partial charge on any atom is 0.308 e. The maximum absolute atomic E-state index is 11.8. The predicted octanol–water partition coefficient (Wildman–Crippen LogP) is 1.93. The Hall–Kier alpha value is -1.43. The number of nitrogens with one attached hydrogen (secondary N) is 1. The summed E-state index contributed by atoms with van der Waals surface area (Å²) in [6.45, 7) is 3.74. The van der Waals surface area contributed by atoms with Crippen LogP contribution in [0.15, 0.2) is 22.9 Å². The first kappa shape index (κ1) is 14.6. The third kappa shape index (κ3) is 4.10. The highest BCUT2D eigenvalue weighted by Gasteiger charge is 2.22. The number of carbonyl (C=O) groups is 2. The summed E-state index contributed by atoms with van der Waals surface area (Å²) < 4.78 is 0.564. The Balaban J connectivity index is 2.63. The molecule has 0 fully saturated rings. The Kier molecular flexibility index (Phi) is 5.27. The molecule has 0 aromatic carbocycles. The summed E-state index contributed by atoms with van der Waals surface area (Å²) in [7, 11) is 0. The van der Waals surface area contributed by atoms with Crippen LogP contribution in [-0.4, -0.2) is 28.5 Å². The average Bonchev–Trinajstić information content (AvgIpc) is 2.28. The number of halogens is 1. The molecule has 0 saturated carbocycles. The van der Waals surface area contributed by atoms with Crippen LogP contribution in [-0.2, 0) is 4.79 Å². The molecule has 5 nitrogen and oxygen atoms in total. The number of amides is 1. The van der Waals surface area contributed by atoms with E-state index < -0.39 is 11.9 Å². The first-order valence-corrected chi connectivity index (χ1v) is 6.33. The Morgan fingerprint density at radius 2 is 2.17 bits per heavy atom. The van der Waals surface area contributed by atoms with Crippen molar-refractivity contribution in [1.29, 1.82) is 0 Å². The predicted molar refractivity (Wildman–Crippen MR) is 70.2 cm³/mol. The summed E-state index contributed by atoms with van der Waals surface area (Å²) in [4.78, 5) is 26.7. The molecule has 1 amide bonds. The van der Waals surface area contributed by atoms with Crippen molar-refractivity contribution in [3.8, 4) is 0 Å². The number of carboxylic acid groups (broad SMARTS) is 1. The van der Waals surface area contributed by atoms with Gasteiger partial charge in [0.15, 0.2) is 0 Å². The normalized spacial score (nSPS) is 12.2. The van der Waals surface area contributed by atoms with Crippen LogP contribution in [0.1, 0.15) is 24.2 Å². The zero-order valence-electron chi connectivity index (χ0n) is 10.2. The molecule has 0 radical (unpaired) electrons. The number of aromatic nitrogens is 1. The molecule has 0 aliphatic heterocycles. The second kappa shape index (κ2) is 6.49. The molecular weight excluding hydrogens is 300 g/mol. The molecule has 0 saturated heterocycles. The largest absolute Gasteiger partial charge is 0.481 e. The van der Waals surface area contributed by atoms with E-state index in [0.29, 0.717) is 10.2 Å². The molecule has 0 bridgehead atoms. The first-order valence-electron chi connectivity index (χ1n) is 5.54. The summed E-state index contributed by atoms with van der Waals surface area (Å²) in [5.74, 6) is -1.82. The minimum absolute atomic E-state index is 0.0352. The van der Waals surface area contributed by atoms with Crippen molar-refractivity contribution >= 4 is 27.8 Å². The molecule has 18 heavy (non-hydrogen) atoms. The van der Waals surface area contributed by atoms with Crippen LogP contribution in [0.3, 0.4) is 0 Å². The van der Waals surface area contributed by atoms with Gasteiger partial charge in [-0.25, -0.2) is 4.98 Å². The summed E-state index contributed by atoms with van der Waals surface area (Å²) >= 11 is 3.17. The van der Waals surface area contributed by atoms with E-state index in [1.807, 2.05) is 13.8 Å². The summed E-state index contributed by atoms with van der Waals surface area (Å²) in [6.07, 6.45) is 1.51. The Morgan fingerprint density at radius 3 is 2.67 bits per heavy atom. The number of aliphatic carboxylic acids is 1. The van der Waals surface area contributed by atoms with Crippen molar-refractivity contribution in [3.63, 3.8) is 0 Å². The molecule has 6 heteroatoms. The van der Waals surface area contributed by atoms with Crippen molar-refractivity contribution in [2.24, 2.45) is 11.8 Å². The first-order chi connectivity index (χ1) is 8.41. The molecule has 1 atom stereocenters. The molecule has 1 rings (SSSR count). The van der Waals surface area contributed by atoms with Crippen LogP contribution in [0.25, 0.3) is 0 Å². The number of rotatable bonds is 5. The second-order valence-electron chi connectivity index (χ2n) is 4.27. The SMILES string of the molecule is CC(C)C(CNC(=O)c1ccnc(Br)c1)C(=O)O. The van der Waals surface area contributed by atoms with Gasteiger partial charge in [0.1, 0.15) is 4.60 Å². The lowest BCUT2D eigenvalue weighted by molar-refractivity contribution is -0.142. The van der Waals surface area contributed by atoms with Crippen molar-refractivity contribution in [3.05, 3.63) is 28.5 Å². The lowest BCUT2D eigenvalue weighted by Gasteiger charge is -2.16. The van der Waals surface area contributed by atoms with E-state index in [4.69, 9.17) is 5.11 Å². The second-order valence-corrected chi connectivity index (χ2v) is 5.08. The summed E-state index contributed by atoms with van der Waals surface area (Å²) in [6, 6.07) is 3.16. The van der Waals surface area contributed by atoms with Gasteiger partial charge in [-0.1, -0.05) is 13.8 Å². The van der Waals surface area contributed by atoms with Gasteiger partial charge in [-0.2, -0.15) is 0 Å². The van der Waals surface area contributed by atoms with Crippen molar-refractivity contribution < 1.29 is 14.7 Å². The molecule has 1 aromatic heterocycles. The fourth-order valence-corrected chi connectivity index (χ4v) is 1.82. The van der Waals surface area contributed by atoms with E-state index >= 15 is 0 Å². The van der Waals surface area contributed by atoms with Crippen LogP contribution < -0.4 is 5.32 Å². The van der Waals surface area contributed by atoms with Gasteiger partial charge in [0, 0.05) is 18.3 Å². The Morgan fingerprint density at radius 1 is 1.50 bits per heavy atom. The minimum atomic E-state index is -0.902. The summed E-state index contributed by atoms with van der Waals surface area (Å²) in [5, 5.41) is 11.6. The molecule has 0 spiro atoms. The van der Waals surface area contributed by atoms with Gasteiger partial charge in [-0.05, 0) is 34.0 Å². The standard InChI is InChI=1S/C12H15BrN2O3/c1-7(2)9(12(17)18)6-15-11(16)8-3-4-14-10(13)5-8/h3-5,7,9H,6H2,1-2H3,(H,15,16)(H,17,18). The number of hydrogen-bond donors (Lipinski definition) is 2. The van der Waals surface area contributed by atoms with Gasteiger partial charge in [-0.3, -0.25) is 9.59 Å². The van der Waals surface area contributed by atoms with Gasteiger partial charge in [0.25, 0.3) is 5.91 Å². The van der Waals surface area contributed by atoms with E-state index in [0.717, 1.165) is 0 Å². The van der Waals surface area contributed by atoms with Gasteiger partial charge in [0.05, 0.1) is 5.92 Å². The van der Waals surface area contributed by atoms with E-state index in [1.54, 1.807) is 12.1 Å². The van der Waals surface area contributed by atoms with Crippen LogP contribution >= 0.6 is 15.9 Å². The number of nitrogens with zero attached hydrogens (tertiary/aromatic N) is 1. The molecule has 1 heterocycles. The topological polar surface area (TPSA) is 79.3 Å². The van der Waals surface area contributed by atoms with Gasteiger partial charge < -0.3 is 10.4 Å². The van der Waals surface area contributed by atoms with E-state index in [1.165, 1.54) is 6.20 Å². The van der Waals surface area contributed by atoms with E-state index in [-0.39, 0.29) is 18.4 Å². The molecule has 0 aliphatic carbocycles. The van der Waals surface area contributed by atoms with Crippen molar-refractivity contribution in [2.45, 2.75) is 13.8 Å². The smallest absolute Gasteiger partial charge is 0.308 e.